The number of hydrogen-bond acceptors (Lipinski definition) is 4. The predicted molar refractivity (Wildman–Crippen MR) is 77.2 cm³/mol. The molecule has 1 heterocycles. The molecule has 1 N–H and O–H groups in total. The van der Waals surface area contributed by atoms with Crippen LogP contribution < -0.4 is 10.1 Å². The lowest BCUT2D eigenvalue weighted by atomic mass is 10.1. The van der Waals surface area contributed by atoms with Gasteiger partial charge in [-0.05, 0) is 44.0 Å². The van der Waals surface area contributed by atoms with Gasteiger partial charge in [0.1, 0.15) is 11.6 Å². The average molecular weight is 278 g/mol. The predicted octanol–water partition coefficient (Wildman–Crippen LogP) is 3.97. The van der Waals surface area contributed by atoms with Crippen molar-refractivity contribution in [1.82, 2.24) is 9.97 Å². The number of aryl methyl sites for hydroxylation is 2. The molecule has 1 aromatic carbocycles. The third-order valence-corrected chi connectivity index (χ3v) is 3.20. The van der Waals surface area contributed by atoms with Gasteiger partial charge in [-0.1, -0.05) is 11.6 Å². The molecule has 0 atom stereocenters. The summed E-state index contributed by atoms with van der Waals surface area (Å²) >= 11 is 6.13. The standard InChI is InChI=1S/C14H16ClN3O/c1-4-17-12-7-16-8-13(18-12)19-11-5-9(2)14(15)10(3)6-11/h5-8H,4H2,1-3H3,(H,17,18). The lowest BCUT2D eigenvalue weighted by molar-refractivity contribution is 0.460. The van der Waals surface area contributed by atoms with Crippen molar-refractivity contribution in [2.24, 2.45) is 0 Å². The van der Waals surface area contributed by atoms with E-state index in [1.807, 2.05) is 32.9 Å². The molecule has 0 unspecified atom stereocenters. The molecule has 0 spiro atoms. The summed E-state index contributed by atoms with van der Waals surface area (Å²) in [5.41, 5.74) is 1.96. The topological polar surface area (TPSA) is 47.0 Å². The SMILES string of the molecule is CCNc1cncc(Oc2cc(C)c(Cl)c(C)c2)n1. The van der Waals surface area contributed by atoms with Crippen LogP contribution in [0.25, 0.3) is 0 Å². The monoisotopic (exact) mass is 277 g/mol. The Balaban J connectivity index is 2.23. The summed E-state index contributed by atoms with van der Waals surface area (Å²) in [4.78, 5) is 8.40. The van der Waals surface area contributed by atoms with E-state index in [0.29, 0.717) is 17.4 Å². The molecule has 4 nitrogen and oxygen atoms in total. The zero-order valence-corrected chi connectivity index (χ0v) is 12.0. The van der Waals surface area contributed by atoms with Gasteiger partial charge in [-0.25, -0.2) is 0 Å². The van der Waals surface area contributed by atoms with E-state index in [0.717, 1.165) is 22.7 Å². The van der Waals surface area contributed by atoms with E-state index in [1.165, 1.54) is 0 Å². The highest BCUT2D eigenvalue weighted by Crippen LogP contribution is 2.28. The number of benzene rings is 1. The van der Waals surface area contributed by atoms with Gasteiger partial charge in [0, 0.05) is 11.6 Å². The number of ether oxygens (including phenoxy) is 1. The number of nitrogens with one attached hydrogen (secondary N) is 1. The lowest BCUT2D eigenvalue weighted by Crippen LogP contribution is -2.00. The van der Waals surface area contributed by atoms with E-state index in [-0.39, 0.29) is 0 Å². The minimum absolute atomic E-state index is 0.458. The van der Waals surface area contributed by atoms with Gasteiger partial charge < -0.3 is 10.1 Å². The van der Waals surface area contributed by atoms with Gasteiger partial charge in [-0.3, -0.25) is 4.98 Å². The fourth-order valence-electron chi connectivity index (χ4n) is 1.75. The first-order valence-electron chi connectivity index (χ1n) is 6.10. The van der Waals surface area contributed by atoms with E-state index >= 15 is 0 Å². The Labute approximate surface area is 117 Å². The van der Waals surface area contributed by atoms with Crippen LogP contribution in [0.1, 0.15) is 18.1 Å². The number of anilines is 1. The maximum absolute atomic E-state index is 6.13. The van der Waals surface area contributed by atoms with E-state index < -0.39 is 0 Å². The highest BCUT2D eigenvalue weighted by Gasteiger charge is 2.06. The van der Waals surface area contributed by atoms with Crippen LogP contribution in [0.2, 0.25) is 5.02 Å². The van der Waals surface area contributed by atoms with E-state index in [1.54, 1.807) is 12.4 Å². The first-order chi connectivity index (χ1) is 9.10. The van der Waals surface area contributed by atoms with Gasteiger partial charge in [0.05, 0.1) is 12.4 Å². The van der Waals surface area contributed by atoms with Crippen molar-refractivity contribution in [2.75, 3.05) is 11.9 Å². The number of hydrogen-bond donors (Lipinski definition) is 1. The van der Waals surface area contributed by atoms with Crippen LogP contribution in [-0.2, 0) is 0 Å². The second-order valence-electron chi connectivity index (χ2n) is 4.25. The second kappa shape index (κ2) is 5.89. The first kappa shape index (κ1) is 13.6. The Hall–Kier alpha value is -1.81. The molecule has 19 heavy (non-hydrogen) atoms. The molecule has 0 saturated carbocycles. The van der Waals surface area contributed by atoms with Crippen LogP contribution in [0.5, 0.6) is 11.6 Å². The Bertz CT molecular complexity index is 564. The molecule has 0 radical (unpaired) electrons. The molecular weight excluding hydrogens is 262 g/mol. The molecule has 0 fully saturated rings. The maximum Gasteiger partial charge on any atom is 0.239 e. The van der Waals surface area contributed by atoms with Crippen molar-refractivity contribution >= 4 is 17.4 Å². The van der Waals surface area contributed by atoms with Crippen LogP contribution in [-0.4, -0.2) is 16.5 Å². The molecule has 0 amide bonds. The largest absolute Gasteiger partial charge is 0.437 e. The second-order valence-corrected chi connectivity index (χ2v) is 4.62. The number of nitrogens with zero attached hydrogens (tertiary/aromatic N) is 2. The Morgan fingerprint density at radius 1 is 1.21 bits per heavy atom. The zero-order chi connectivity index (χ0) is 13.8. The summed E-state index contributed by atoms with van der Waals surface area (Å²) in [5, 5.41) is 3.85. The number of halogens is 1. The van der Waals surface area contributed by atoms with Gasteiger partial charge in [-0.2, -0.15) is 4.98 Å². The summed E-state index contributed by atoms with van der Waals surface area (Å²) < 4.78 is 5.71. The van der Waals surface area contributed by atoms with Crippen molar-refractivity contribution in [2.45, 2.75) is 20.8 Å². The van der Waals surface area contributed by atoms with E-state index in [9.17, 15) is 0 Å². The van der Waals surface area contributed by atoms with Crippen LogP contribution in [0.4, 0.5) is 5.82 Å². The average Bonchev–Trinajstić information content (AvgIpc) is 2.37. The Kier molecular flexibility index (Phi) is 4.22. The van der Waals surface area contributed by atoms with Crippen LogP contribution in [0.15, 0.2) is 24.5 Å². The normalized spacial score (nSPS) is 10.3. The smallest absolute Gasteiger partial charge is 0.239 e. The summed E-state index contributed by atoms with van der Waals surface area (Å²) in [6.45, 7) is 6.68. The highest BCUT2D eigenvalue weighted by molar-refractivity contribution is 6.32. The van der Waals surface area contributed by atoms with Crippen molar-refractivity contribution in [3.05, 3.63) is 40.7 Å². The highest BCUT2D eigenvalue weighted by atomic mass is 35.5. The zero-order valence-electron chi connectivity index (χ0n) is 11.2. The molecule has 100 valence electrons. The number of rotatable bonds is 4. The van der Waals surface area contributed by atoms with Crippen molar-refractivity contribution in [3.8, 4) is 11.6 Å². The number of aromatic nitrogens is 2. The molecule has 1 aromatic heterocycles. The summed E-state index contributed by atoms with van der Waals surface area (Å²) in [5.74, 6) is 1.87. The molecule has 0 aliphatic carbocycles. The van der Waals surface area contributed by atoms with Gasteiger partial charge in [0.25, 0.3) is 0 Å². The molecule has 0 bridgehead atoms. The third-order valence-electron chi connectivity index (χ3n) is 2.60. The van der Waals surface area contributed by atoms with Gasteiger partial charge in [0.15, 0.2) is 0 Å². The fraction of sp³-hybridized carbons (Fsp3) is 0.286. The van der Waals surface area contributed by atoms with E-state index in [2.05, 4.69) is 15.3 Å². The molecule has 0 aliphatic rings. The molecule has 5 heteroatoms. The molecule has 0 aliphatic heterocycles. The summed E-state index contributed by atoms with van der Waals surface area (Å²) in [6.07, 6.45) is 3.24. The van der Waals surface area contributed by atoms with Crippen LogP contribution in [0.3, 0.4) is 0 Å². The minimum Gasteiger partial charge on any atom is -0.437 e. The third kappa shape index (κ3) is 3.35. The van der Waals surface area contributed by atoms with Crippen LogP contribution >= 0.6 is 11.6 Å². The van der Waals surface area contributed by atoms with Gasteiger partial charge >= 0.3 is 0 Å². The first-order valence-corrected chi connectivity index (χ1v) is 6.48. The van der Waals surface area contributed by atoms with Crippen LogP contribution in [0, 0.1) is 13.8 Å². The summed E-state index contributed by atoms with van der Waals surface area (Å²) in [6, 6.07) is 3.77. The van der Waals surface area contributed by atoms with Crippen molar-refractivity contribution in [3.63, 3.8) is 0 Å². The summed E-state index contributed by atoms with van der Waals surface area (Å²) in [7, 11) is 0. The Morgan fingerprint density at radius 2 is 1.89 bits per heavy atom. The molecule has 0 saturated heterocycles. The molecule has 2 rings (SSSR count). The lowest BCUT2D eigenvalue weighted by Gasteiger charge is -2.09. The Morgan fingerprint density at radius 3 is 2.53 bits per heavy atom. The molecular formula is C14H16ClN3O. The fourth-order valence-corrected chi connectivity index (χ4v) is 1.86. The quantitative estimate of drug-likeness (QED) is 0.918. The van der Waals surface area contributed by atoms with Gasteiger partial charge in [0.2, 0.25) is 5.88 Å². The minimum atomic E-state index is 0.458. The van der Waals surface area contributed by atoms with Crippen molar-refractivity contribution in [1.29, 1.82) is 0 Å². The maximum atomic E-state index is 6.13. The van der Waals surface area contributed by atoms with E-state index in [4.69, 9.17) is 16.3 Å². The van der Waals surface area contributed by atoms with Gasteiger partial charge in [-0.15, -0.1) is 0 Å². The molecule has 2 aromatic rings. The van der Waals surface area contributed by atoms with Crippen molar-refractivity contribution < 1.29 is 4.74 Å².